The first-order valence-electron chi connectivity index (χ1n) is 8.99. The number of rotatable bonds is 12. The van der Waals surface area contributed by atoms with Crippen molar-refractivity contribution in [3.8, 4) is 0 Å². The van der Waals surface area contributed by atoms with Crippen LogP contribution in [0, 0.1) is 5.92 Å². The summed E-state index contributed by atoms with van der Waals surface area (Å²) in [5, 5.41) is 0.517. The topological polar surface area (TPSA) is 0 Å². The molecule has 1 heteroatoms. The lowest BCUT2D eigenvalue weighted by molar-refractivity contribution is 0.405. The van der Waals surface area contributed by atoms with Crippen LogP contribution in [-0.4, -0.2) is 5.25 Å². The Morgan fingerprint density at radius 3 is 2.14 bits per heavy atom. The van der Waals surface area contributed by atoms with Crippen LogP contribution in [-0.2, 0) is 6.42 Å². The zero-order chi connectivity index (χ0) is 15.3. The number of thiol groups is 1. The highest BCUT2D eigenvalue weighted by Gasteiger charge is 2.17. The Balaban J connectivity index is 2.30. The van der Waals surface area contributed by atoms with Crippen LogP contribution in [0.3, 0.4) is 0 Å². The van der Waals surface area contributed by atoms with Crippen molar-refractivity contribution in [2.24, 2.45) is 5.92 Å². The van der Waals surface area contributed by atoms with Gasteiger partial charge in [0.2, 0.25) is 0 Å². The fourth-order valence-electron chi connectivity index (χ4n) is 3.11. The maximum Gasteiger partial charge on any atom is 0.00854 e. The molecule has 0 amide bonds. The molecule has 0 nitrogen and oxygen atoms in total. The summed E-state index contributed by atoms with van der Waals surface area (Å²) >= 11 is 4.93. The lowest BCUT2D eigenvalue weighted by atomic mass is 9.89. The molecule has 120 valence electrons. The van der Waals surface area contributed by atoms with Crippen molar-refractivity contribution in [2.45, 2.75) is 83.3 Å². The van der Waals surface area contributed by atoms with Gasteiger partial charge in [-0.15, -0.1) is 0 Å². The van der Waals surface area contributed by atoms with Crippen LogP contribution in [0.5, 0.6) is 0 Å². The predicted octanol–water partition coefficient (Wildman–Crippen LogP) is 6.69. The summed E-state index contributed by atoms with van der Waals surface area (Å²) in [6.45, 7) is 4.59. The maximum absolute atomic E-state index is 4.93. The molecule has 1 rings (SSSR count). The second kappa shape index (κ2) is 12.1. The van der Waals surface area contributed by atoms with Crippen molar-refractivity contribution in [1.82, 2.24) is 0 Å². The molecule has 0 aliphatic heterocycles. The van der Waals surface area contributed by atoms with Gasteiger partial charge in [-0.1, -0.05) is 89.1 Å². The van der Waals surface area contributed by atoms with Gasteiger partial charge in [0.05, 0.1) is 0 Å². The number of unbranched alkanes of at least 4 members (excludes halogenated alkanes) is 5. The van der Waals surface area contributed by atoms with Crippen molar-refractivity contribution in [1.29, 1.82) is 0 Å². The van der Waals surface area contributed by atoms with Gasteiger partial charge in [0.25, 0.3) is 0 Å². The van der Waals surface area contributed by atoms with E-state index in [1.54, 1.807) is 0 Å². The number of hydrogen-bond donors (Lipinski definition) is 1. The molecule has 0 fully saturated rings. The van der Waals surface area contributed by atoms with Crippen LogP contribution in [0.2, 0.25) is 0 Å². The molecule has 0 radical (unpaired) electrons. The Morgan fingerprint density at radius 1 is 0.810 bits per heavy atom. The quantitative estimate of drug-likeness (QED) is 0.322. The lowest BCUT2D eigenvalue weighted by Gasteiger charge is -2.23. The highest BCUT2D eigenvalue weighted by Crippen LogP contribution is 2.26. The summed E-state index contributed by atoms with van der Waals surface area (Å²) in [4.78, 5) is 0. The zero-order valence-corrected chi connectivity index (χ0v) is 15.0. The van der Waals surface area contributed by atoms with Crippen molar-refractivity contribution in [3.05, 3.63) is 35.9 Å². The van der Waals surface area contributed by atoms with Crippen LogP contribution >= 0.6 is 12.6 Å². The van der Waals surface area contributed by atoms with E-state index in [-0.39, 0.29) is 0 Å². The molecular weight excluding hydrogens is 272 g/mol. The minimum atomic E-state index is 0.517. The van der Waals surface area contributed by atoms with Gasteiger partial charge in [-0.05, 0) is 30.7 Å². The Kier molecular flexibility index (Phi) is 10.8. The third-order valence-electron chi connectivity index (χ3n) is 4.42. The number of hydrogen-bond acceptors (Lipinski definition) is 1. The van der Waals surface area contributed by atoms with Gasteiger partial charge in [-0.2, -0.15) is 12.6 Å². The summed E-state index contributed by atoms with van der Waals surface area (Å²) in [6.07, 6.45) is 13.5. The Bertz CT molecular complexity index is 333. The van der Waals surface area contributed by atoms with E-state index >= 15 is 0 Å². The van der Waals surface area contributed by atoms with E-state index in [0.717, 1.165) is 12.3 Å². The molecule has 0 aromatic heterocycles. The summed E-state index contributed by atoms with van der Waals surface area (Å²) < 4.78 is 0. The fraction of sp³-hybridized carbons (Fsp3) is 0.700. The van der Waals surface area contributed by atoms with Gasteiger partial charge < -0.3 is 0 Å². The summed E-state index contributed by atoms with van der Waals surface area (Å²) in [5.41, 5.74) is 1.43. The van der Waals surface area contributed by atoms with E-state index in [0.29, 0.717) is 5.25 Å². The first kappa shape index (κ1) is 18.6. The third kappa shape index (κ3) is 8.56. The molecule has 0 aliphatic carbocycles. The van der Waals surface area contributed by atoms with Gasteiger partial charge in [0.15, 0.2) is 0 Å². The van der Waals surface area contributed by atoms with Gasteiger partial charge in [-0.3, -0.25) is 0 Å². The minimum absolute atomic E-state index is 0.517. The highest BCUT2D eigenvalue weighted by atomic mass is 32.1. The molecule has 0 bridgehead atoms. The highest BCUT2D eigenvalue weighted by molar-refractivity contribution is 7.81. The standard InChI is InChI=1S/C20H34S/c1-3-5-6-7-8-12-16-19(13-4-2)20(21)17-18-14-10-9-11-15-18/h9-11,14-15,19-21H,3-8,12-13,16-17H2,1-2H3. The largest absolute Gasteiger partial charge is 0.175 e. The maximum atomic E-state index is 4.93. The van der Waals surface area contributed by atoms with Crippen molar-refractivity contribution >= 4 is 12.6 Å². The van der Waals surface area contributed by atoms with Gasteiger partial charge in [0, 0.05) is 5.25 Å². The molecule has 2 unspecified atom stereocenters. The van der Waals surface area contributed by atoms with E-state index in [1.165, 1.54) is 63.4 Å². The Labute approximate surface area is 138 Å². The predicted molar refractivity (Wildman–Crippen MR) is 99.3 cm³/mol. The molecule has 21 heavy (non-hydrogen) atoms. The second-order valence-corrected chi connectivity index (χ2v) is 7.03. The molecule has 0 aliphatic rings. The van der Waals surface area contributed by atoms with Crippen LogP contribution in [0.1, 0.15) is 77.2 Å². The normalized spacial score (nSPS) is 14.0. The molecule has 0 N–H and O–H groups in total. The molecule has 0 saturated carbocycles. The van der Waals surface area contributed by atoms with E-state index in [9.17, 15) is 0 Å². The summed E-state index contributed by atoms with van der Waals surface area (Å²) in [7, 11) is 0. The minimum Gasteiger partial charge on any atom is -0.175 e. The Morgan fingerprint density at radius 2 is 1.48 bits per heavy atom. The second-order valence-electron chi connectivity index (χ2n) is 6.36. The SMILES string of the molecule is CCCCCCCCC(CCC)C(S)Cc1ccccc1. The van der Waals surface area contributed by atoms with Gasteiger partial charge in [-0.25, -0.2) is 0 Å². The summed E-state index contributed by atoms with van der Waals surface area (Å²) in [6, 6.07) is 10.8. The van der Waals surface area contributed by atoms with Crippen LogP contribution < -0.4 is 0 Å². The van der Waals surface area contributed by atoms with Crippen molar-refractivity contribution in [3.63, 3.8) is 0 Å². The molecule has 1 aromatic carbocycles. The fourth-order valence-corrected chi connectivity index (χ4v) is 3.62. The first-order valence-corrected chi connectivity index (χ1v) is 9.51. The Hall–Kier alpha value is -0.430. The van der Waals surface area contributed by atoms with E-state index in [2.05, 4.69) is 44.2 Å². The van der Waals surface area contributed by atoms with Crippen molar-refractivity contribution in [2.75, 3.05) is 0 Å². The number of benzene rings is 1. The smallest absolute Gasteiger partial charge is 0.00854 e. The van der Waals surface area contributed by atoms with E-state index in [4.69, 9.17) is 12.6 Å². The lowest BCUT2D eigenvalue weighted by Crippen LogP contribution is -2.18. The molecular formula is C20H34S. The molecule has 1 aromatic rings. The third-order valence-corrected chi connectivity index (χ3v) is 5.02. The van der Waals surface area contributed by atoms with Crippen LogP contribution in [0.25, 0.3) is 0 Å². The monoisotopic (exact) mass is 306 g/mol. The molecule has 0 spiro atoms. The molecule has 2 atom stereocenters. The molecule has 0 saturated heterocycles. The average Bonchev–Trinajstić information content (AvgIpc) is 2.50. The average molecular weight is 307 g/mol. The summed E-state index contributed by atoms with van der Waals surface area (Å²) in [5.74, 6) is 0.782. The van der Waals surface area contributed by atoms with E-state index < -0.39 is 0 Å². The van der Waals surface area contributed by atoms with Gasteiger partial charge in [0.1, 0.15) is 0 Å². The first-order chi connectivity index (χ1) is 10.3. The van der Waals surface area contributed by atoms with E-state index in [1.807, 2.05) is 0 Å². The zero-order valence-electron chi connectivity index (χ0n) is 14.1. The van der Waals surface area contributed by atoms with Gasteiger partial charge >= 0.3 is 0 Å². The van der Waals surface area contributed by atoms with Crippen LogP contribution in [0.15, 0.2) is 30.3 Å². The van der Waals surface area contributed by atoms with Crippen LogP contribution in [0.4, 0.5) is 0 Å². The molecule has 0 heterocycles. The van der Waals surface area contributed by atoms with Crippen molar-refractivity contribution < 1.29 is 0 Å².